The lowest BCUT2D eigenvalue weighted by atomic mass is 10.0. The fourth-order valence-electron chi connectivity index (χ4n) is 4.08. The number of fused-ring (bicyclic) bond motifs is 2. The normalized spacial score (nSPS) is 15.7. The molecule has 0 fully saturated rings. The van der Waals surface area contributed by atoms with E-state index in [9.17, 15) is 19.2 Å². The van der Waals surface area contributed by atoms with Gasteiger partial charge in [-0.05, 0) is 62.4 Å². The molecule has 0 aromatic heterocycles. The van der Waals surface area contributed by atoms with Crippen molar-refractivity contribution in [1.29, 1.82) is 0 Å². The number of ketones is 1. The van der Waals surface area contributed by atoms with Crippen LogP contribution in [-0.4, -0.2) is 41.1 Å². The van der Waals surface area contributed by atoms with Crippen LogP contribution in [0.25, 0.3) is 0 Å². The molecule has 1 aliphatic heterocycles. The lowest BCUT2D eigenvalue weighted by Crippen LogP contribution is -2.33. The zero-order valence-electron chi connectivity index (χ0n) is 17.1. The van der Waals surface area contributed by atoms with Crippen molar-refractivity contribution in [3.05, 3.63) is 69.8 Å². The summed E-state index contributed by atoms with van der Waals surface area (Å²) in [6.07, 6.45) is 2.00. The summed E-state index contributed by atoms with van der Waals surface area (Å²) in [7, 11) is 0. The van der Waals surface area contributed by atoms with Crippen LogP contribution in [0, 0.1) is 6.92 Å². The lowest BCUT2D eigenvalue weighted by molar-refractivity contribution is -0.146. The SMILES string of the molecule is Cc1ccc2c(c1)C(=O)N(CCC(=O)OC(C)C(=O)c1ccc3c(c1)CCC3)C2=O. The second-order valence-corrected chi connectivity index (χ2v) is 7.89. The average Bonchev–Trinajstić information content (AvgIpc) is 3.28. The fraction of sp³-hybridized carbons (Fsp3) is 0.333. The summed E-state index contributed by atoms with van der Waals surface area (Å²) in [4.78, 5) is 50.9. The van der Waals surface area contributed by atoms with Crippen LogP contribution < -0.4 is 0 Å². The highest BCUT2D eigenvalue weighted by Gasteiger charge is 2.35. The molecule has 1 aliphatic carbocycles. The Labute approximate surface area is 174 Å². The van der Waals surface area contributed by atoms with Crippen molar-refractivity contribution in [3.8, 4) is 0 Å². The summed E-state index contributed by atoms with van der Waals surface area (Å²) in [5.41, 5.74) is 4.57. The van der Waals surface area contributed by atoms with Crippen LogP contribution in [0.1, 0.15) is 67.5 Å². The molecule has 4 rings (SSSR count). The number of amides is 2. The van der Waals surface area contributed by atoms with E-state index in [4.69, 9.17) is 4.74 Å². The first-order valence-electron chi connectivity index (χ1n) is 10.2. The highest BCUT2D eigenvalue weighted by Crippen LogP contribution is 2.25. The summed E-state index contributed by atoms with van der Waals surface area (Å²) < 4.78 is 5.27. The first-order valence-corrected chi connectivity index (χ1v) is 10.2. The summed E-state index contributed by atoms with van der Waals surface area (Å²) in [5.74, 6) is -1.70. The topological polar surface area (TPSA) is 80.8 Å². The third-order valence-corrected chi connectivity index (χ3v) is 5.73. The van der Waals surface area contributed by atoms with Crippen LogP contribution in [-0.2, 0) is 22.4 Å². The van der Waals surface area contributed by atoms with E-state index in [2.05, 4.69) is 0 Å². The van der Waals surface area contributed by atoms with Crippen molar-refractivity contribution in [2.75, 3.05) is 6.54 Å². The Hall–Kier alpha value is -3.28. The van der Waals surface area contributed by atoms with Crippen molar-refractivity contribution in [3.63, 3.8) is 0 Å². The second kappa shape index (κ2) is 7.86. The molecule has 2 aliphatic rings. The third-order valence-electron chi connectivity index (χ3n) is 5.73. The van der Waals surface area contributed by atoms with Crippen LogP contribution in [0.2, 0.25) is 0 Å². The lowest BCUT2D eigenvalue weighted by Gasteiger charge is -2.16. The number of imide groups is 1. The number of Topliss-reactive ketones (excluding diaryl/α,β-unsaturated/α-hetero) is 1. The molecule has 0 N–H and O–H groups in total. The van der Waals surface area contributed by atoms with Gasteiger partial charge in [-0.2, -0.15) is 0 Å². The Balaban J connectivity index is 1.34. The molecule has 6 nitrogen and oxygen atoms in total. The number of esters is 1. The molecule has 2 aromatic rings. The minimum absolute atomic E-state index is 0.0794. The number of carbonyl (C=O) groups excluding carboxylic acids is 4. The van der Waals surface area contributed by atoms with Crippen LogP contribution in [0.3, 0.4) is 0 Å². The van der Waals surface area contributed by atoms with Crippen LogP contribution in [0.15, 0.2) is 36.4 Å². The van der Waals surface area contributed by atoms with Crippen molar-refractivity contribution >= 4 is 23.6 Å². The first kappa shape index (κ1) is 20.0. The number of ether oxygens (including phenoxy) is 1. The molecule has 0 spiro atoms. The number of hydrogen-bond donors (Lipinski definition) is 0. The molecule has 30 heavy (non-hydrogen) atoms. The van der Waals surface area contributed by atoms with Gasteiger partial charge in [-0.1, -0.05) is 23.8 Å². The molecule has 2 aromatic carbocycles. The first-order chi connectivity index (χ1) is 14.3. The summed E-state index contributed by atoms with van der Waals surface area (Å²) in [6, 6.07) is 10.7. The second-order valence-electron chi connectivity index (χ2n) is 7.89. The van der Waals surface area contributed by atoms with E-state index in [0.717, 1.165) is 29.7 Å². The Morgan fingerprint density at radius 3 is 2.53 bits per heavy atom. The van der Waals surface area contributed by atoms with E-state index >= 15 is 0 Å². The van der Waals surface area contributed by atoms with Crippen molar-refractivity contribution in [1.82, 2.24) is 4.90 Å². The van der Waals surface area contributed by atoms with Gasteiger partial charge in [0.05, 0.1) is 17.5 Å². The monoisotopic (exact) mass is 405 g/mol. The molecule has 1 unspecified atom stereocenters. The van der Waals surface area contributed by atoms with E-state index in [0.29, 0.717) is 16.7 Å². The zero-order chi connectivity index (χ0) is 21.4. The van der Waals surface area contributed by atoms with Crippen molar-refractivity contribution in [2.24, 2.45) is 0 Å². The molecule has 0 saturated carbocycles. The van der Waals surface area contributed by atoms with E-state index in [1.807, 2.05) is 19.1 Å². The number of hydrogen-bond acceptors (Lipinski definition) is 5. The molecule has 0 bridgehead atoms. The van der Waals surface area contributed by atoms with Gasteiger partial charge in [0.1, 0.15) is 0 Å². The number of benzene rings is 2. The molecule has 1 heterocycles. The summed E-state index contributed by atoms with van der Waals surface area (Å²) in [5, 5.41) is 0. The highest BCUT2D eigenvalue weighted by atomic mass is 16.5. The molecule has 6 heteroatoms. The van der Waals surface area contributed by atoms with Gasteiger partial charge in [0.25, 0.3) is 11.8 Å². The average molecular weight is 405 g/mol. The number of rotatable bonds is 6. The van der Waals surface area contributed by atoms with E-state index in [1.165, 1.54) is 18.1 Å². The summed E-state index contributed by atoms with van der Waals surface area (Å²) >= 11 is 0. The van der Waals surface area contributed by atoms with Gasteiger partial charge in [-0.15, -0.1) is 0 Å². The Bertz CT molecular complexity index is 1070. The van der Waals surface area contributed by atoms with Gasteiger partial charge in [-0.3, -0.25) is 24.1 Å². The number of aryl methyl sites for hydroxylation is 3. The van der Waals surface area contributed by atoms with E-state index < -0.39 is 23.9 Å². The van der Waals surface area contributed by atoms with Gasteiger partial charge >= 0.3 is 5.97 Å². The highest BCUT2D eigenvalue weighted by molar-refractivity contribution is 6.21. The van der Waals surface area contributed by atoms with Gasteiger partial charge in [0, 0.05) is 12.1 Å². The molecule has 154 valence electrons. The minimum Gasteiger partial charge on any atom is -0.454 e. The quantitative estimate of drug-likeness (QED) is 0.419. The molecule has 0 saturated heterocycles. The largest absolute Gasteiger partial charge is 0.454 e. The van der Waals surface area contributed by atoms with Gasteiger partial charge in [0.15, 0.2) is 6.10 Å². The van der Waals surface area contributed by atoms with E-state index in [-0.39, 0.29) is 18.7 Å². The zero-order valence-corrected chi connectivity index (χ0v) is 17.1. The molecule has 2 amide bonds. The van der Waals surface area contributed by atoms with Crippen molar-refractivity contribution < 1.29 is 23.9 Å². The predicted octanol–water partition coefficient (Wildman–Crippen LogP) is 3.28. The fourth-order valence-corrected chi connectivity index (χ4v) is 4.08. The Morgan fingerprint density at radius 2 is 1.73 bits per heavy atom. The molecule has 1 atom stereocenters. The van der Waals surface area contributed by atoms with Gasteiger partial charge < -0.3 is 4.74 Å². The van der Waals surface area contributed by atoms with Gasteiger partial charge in [0.2, 0.25) is 5.78 Å². The molecular weight excluding hydrogens is 382 g/mol. The van der Waals surface area contributed by atoms with Crippen LogP contribution in [0.5, 0.6) is 0 Å². The standard InChI is InChI=1S/C24H23NO5/c1-14-6-9-19-20(12-14)24(29)25(23(19)28)11-10-21(26)30-15(2)22(27)18-8-7-16-4-3-5-17(16)13-18/h6-9,12-13,15H,3-5,10-11H2,1-2H3. The van der Waals surface area contributed by atoms with Gasteiger partial charge in [-0.25, -0.2) is 0 Å². The molecular formula is C24H23NO5. The maximum absolute atomic E-state index is 12.6. The smallest absolute Gasteiger partial charge is 0.308 e. The third kappa shape index (κ3) is 3.65. The number of carbonyl (C=O) groups is 4. The van der Waals surface area contributed by atoms with Crippen LogP contribution in [0.4, 0.5) is 0 Å². The van der Waals surface area contributed by atoms with Crippen molar-refractivity contribution in [2.45, 2.75) is 45.6 Å². The minimum atomic E-state index is -0.929. The predicted molar refractivity (Wildman–Crippen MR) is 110 cm³/mol. The maximum atomic E-state index is 12.6. The summed E-state index contributed by atoms with van der Waals surface area (Å²) in [6.45, 7) is 3.31. The molecule has 0 radical (unpaired) electrons. The number of nitrogens with zero attached hydrogens (tertiary/aromatic N) is 1. The Morgan fingerprint density at radius 1 is 1.00 bits per heavy atom. The van der Waals surface area contributed by atoms with E-state index in [1.54, 1.807) is 24.3 Å². The maximum Gasteiger partial charge on any atom is 0.308 e. The van der Waals surface area contributed by atoms with Crippen LogP contribution >= 0.6 is 0 Å². The Kier molecular flexibility index (Phi) is 5.24.